The summed E-state index contributed by atoms with van der Waals surface area (Å²) in [4.78, 5) is 9.37. The van der Waals surface area contributed by atoms with E-state index in [9.17, 15) is 15.2 Å². The normalized spacial score (nSPS) is 8.75. The van der Waals surface area contributed by atoms with Crippen LogP contribution in [0.1, 0.15) is 0 Å². The van der Waals surface area contributed by atoms with Gasteiger partial charge in [-0.3, -0.25) is 10.1 Å². The number of nitro groups is 1. The topological polar surface area (TPSA) is 66.2 Å². The molecule has 0 fully saturated rings. The summed E-state index contributed by atoms with van der Waals surface area (Å²) < 4.78 is 0. The first-order valence-corrected chi connectivity index (χ1v) is 3.10. The van der Waals surface area contributed by atoms with E-state index in [1.807, 2.05) is 0 Å². The molecule has 0 bridgehead atoms. The molecule has 0 saturated heterocycles. The molecule has 58 valence electrons. The Kier molecular flexibility index (Phi) is 4.55. The van der Waals surface area contributed by atoms with Gasteiger partial charge in [0.1, 0.15) is 0 Å². The Morgan fingerprint density at radius 3 is 2.42 bits per heavy atom. The van der Waals surface area contributed by atoms with Gasteiger partial charge in [0.2, 0.25) is 0 Å². The van der Waals surface area contributed by atoms with Crippen LogP contribution in [0.25, 0.3) is 0 Å². The standard InChI is InChI=1S/C6H4ClNO3.Na/c7-4-1-2-6(9)5(3-4)8(10)11;/h1-3,9H;/q;+1/p-1. The molecule has 6 heteroatoms. The Balaban J connectivity index is 0.00000121. The minimum Gasteiger partial charge on any atom is -0.868 e. The van der Waals surface area contributed by atoms with Crippen LogP contribution in [-0.4, -0.2) is 4.92 Å². The van der Waals surface area contributed by atoms with Gasteiger partial charge in [-0.25, -0.2) is 0 Å². The van der Waals surface area contributed by atoms with Crippen LogP contribution in [0.4, 0.5) is 5.69 Å². The molecule has 0 aliphatic heterocycles. The molecule has 1 rings (SSSR count). The van der Waals surface area contributed by atoms with Gasteiger partial charge in [0.25, 0.3) is 5.69 Å². The molecule has 0 aliphatic carbocycles. The first kappa shape index (κ1) is 11.7. The Bertz CT molecular complexity index is 305. The molecule has 0 N–H and O–H groups in total. The van der Waals surface area contributed by atoms with Gasteiger partial charge in [0.05, 0.1) is 4.92 Å². The van der Waals surface area contributed by atoms with E-state index in [4.69, 9.17) is 11.6 Å². The fourth-order valence-corrected chi connectivity index (χ4v) is 0.800. The summed E-state index contributed by atoms with van der Waals surface area (Å²) in [5, 5.41) is 21.0. The van der Waals surface area contributed by atoms with Crippen LogP contribution >= 0.6 is 11.6 Å². The molecule has 0 unspecified atom stereocenters. The number of hydrogen-bond donors (Lipinski definition) is 0. The van der Waals surface area contributed by atoms with Crippen LogP contribution in [-0.2, 0) is 0 Å². The fourth-order valence-electron chi connectivity index (χ4n) is 0.633. The molecule has 1 aromatic rings. The van der Waals surface area contributed by atoms with Crippen molar-refractivity contribution in [2.45, 2.75) is 0 Å². The van der Waals surface area contributed by atoms with Crippen LogP contribution in [0.5, 0.6) is 5.75 Å². The maximum absolute atomic E-state index is 10.7. The molecule has 0 aliphatic rings. The molecule has 1 aromatic carbocycles. The zero-order valence-electron chi connectivity index (χ0n) is 6.28. The summed E-state index contributed by atoms with van der Waals surface area (Å²) in [5.41, 5.74) is -0.488. The summed E-state index contributed by atoms with van der Waals surface area (Å²) in [6.07, 6.45) is 0. The molecule has 0 heterocycles. The average Bonchev–Trinajstić information content (AvgIpc) is 1.94. The molecule has 4 nitrogen and oxygen atoms in total. The molecule has 0 amide bonds. The predicted molar refractivity (Wildman–Crippen MR) is 37.6 cm³/mol. The van der Waals surface area contributed by atoms with Gasteiger partial charge in [-0.2, -0.15) is 0 Å². The molecule has 0 atom stereocenters. The number of hydrogen-bond acceptors (Lipinski definition) is 3. The van der Waals surface area contributed by atoms with E-state index in [1.165, 1.54) is 6.07 Å². The second-order valence-electron chi connectivity index (χ2n) is 1.87. The zero-order valence-corrected chi connectivity index (χ0v) is 9.04. The van der Waals surface area contributed by atoms with E-state index in [-0.39, 0.29) is 34.6 Å². The molecule has 0 spiro atoms. The van der Waals surface area contributed by atoms with E-state index in [0.29, 0.717) is 0 Å². The van der Waals surface area contributed by atoms with Crippen molar-refractivity contribution in [1.82, 2.24) is 0 Å². The molecule has 12 heavy (non-hydrogen) atoms. The van der Waals surface area contributed by atoms with Crippen molar-refractivity contribution < 1.29 is 39.6 Å². The van der Waals surface area contributed by atoms with Crippen molar-refractivity contribution in [1.29, 1.82) is 0 Å². The molecule has 0 saturated carbocycles. The minimum atomic E-state index is -0.756. The number of rotatable bonds is 1. The Morgan fingerprint density at radius 2 is 2.00 bits per heavy atom. The van der Waals surface area contributed by atoms with Crippen LogP contribution in [0, 0.1) is 10.1 Å². The summed E-state index contributed by atoms with van der Waals surface area (Å²) in [7, 11) is 0. The third kappa shape index (κ3) is 2.64. The van der Waals surface area contributed by atoms with E-state index in [1.54, 1.807) is 0 Å². The van der Waals surface area contributed by atoms with E-state index in [2.05, 4.69) is 0 Å². The summed E-state index contributed by atoms with van der Waals surface area (Å²) in [6.45, 7) is 0. The molecule has 0 radical (unpaired) electrons. The Morgan fingerprint density at radius 1 is 1.42 bits per heavy atom. The quantitative estimate of drug-likeness (QED) is 0.306. The van der Waals surface area contributed by atoms with Gasteiger partial charge in [-0.1, -0.05) is 17.7 Å². The van der Waals surface area contributed by atoms with E-state index >= 15 is 0 Å². The summed E-state index contributed by atoms with van der Waals surface area (Å²) in [5.74, 6) is -0.626. The smallest absolute Gasteiger partial charge is 0.868 e. The van der Waals surface area contributed by atoms with Crippen LogP contribution in [0.3, 0.4) is 0 Å². The van der Waals surface area contributed by atoms with Crippen molar-refractivity contribution in [3.05, 3.63) is 33.3 Å². The summed E-state index contributed by atoms with van der Waals surface area (Å²) >= 11 is 5.42. The third-order valence-electron chi connectivity index (χ3n) is 1.12. The predicted octanol–water partition coefficient (Wildman–Crippen LogP) is -1.67. The van der Waals surface area contributed by atoms with E-state index < -0.39 is 16.4 Å². The molecular weight excluding hydrogens is 193 g/mol. The van der Waals surface area contributed by atoms with Gasteiger partial charge >= 0.3 is 29.6 Å². The van der Waals surface area contributed by atoms with Crippen LogP contribution in [0.15, 0.2) is 18.2 Å². The van der Waals surface area contributed by atoms with Crippen molar-refractivity contribution >= 4 is 17.3 Å². The molecule has 0 aromatic heterocycles. The second-order valence-corrected chi connectivity index (χ2v) is 2.31. The second kappa shape index (κ2) is 4.67. The van der Waals surface area contributed by atoms with Gasteiger partial charge in [-0.05, 0) is 11.8 Å². The van der Waals surface area contributed by atoms with Gasteiger partial charge < -0.3 is 5.11 Å². The number of halogens is 1. The van der Waals surface area contributed by atoms with E-state index in [0.717, 1.165) is 12.1 Å². The van der Waals surface area contributed by atoms with Crippen molar-refractivity contribution in [3.63, 3.8) is 0 Å². The fraction of sp³-hybridized carbons (Fsp3) is 0. The molecular formula is C6H3ClNNaO3. The van der Waals surface area contributed by atoms with Gasteiger partial charge in [0.15, 0.2) is 0 Å². The first-order chi connectivity index (χ1) is 5.11. The maximum Gasteiger partial charge on any atom is 1.00 e. The average molecular weight is 196 g/mol. The number of nitrogens with zero attached hydrogens (tertiary/aromatic N) is 1. The van der Waals surface area contributed by atoms with Crippen molar-refractivity contribution in [3.8, 4) is 5.75 Å². The number of benzene rings is 1. The Labute approximate surface area is 95.6 Å². The SMILES string of the molecule is O=[N+]([O-])c1cc(Cl)ccc1[O-].[Na+]. The minimum absolute atomic E-state index is 0. The Hall–Kier alpha value is -0.290. The number of nitro benzene ring substituents is 1. The maximum atomic E-state index is 10.7. The van der Waals surface area contributed by atoms with Crippen LogP contribution in [0.2, 0.25) is 5.02 Å². The van der Waals surface area contributed by atoms with Crippen LogP contribution < -0.4 is 34.7 Å². The first-order valence-electron chi connectivity index (χ1n) is 2.72. The monoisotopic (exact) mass is 195 g/mol. The van der Waals surface area contributed by atoms with Gasteiger partial charge in [0, 0.05) is 11.1 Å². The third-order valence-corrected chi connectivity index (χ3v) is 1.35. The van der Waals surface area contributed by atoms with Crippen molar-refractivity contribution in [2.24, 2.45) is 0 Å². The summed E-state index contributed by atoms with van der Waals surface area (Å²) in [6, 6.07) is 3.42. The van der Waals surface area contributed by atoms with Gasteiger partial charge in [-0.15, -0.1) is 0 Å². The largest absolute Gasteiger partial charge is 1.00 e. The zero-order chi connectivity index (χ0) is 8.43. The van der Waals surface area contributed by atoms with Crippen molar-refractivity contribution in [2.75, 3.05) is 0 Å².